The predicted molar refractivity (Wildman–Crippen MR) is 108 cm³/mol. The average molecular weight is 366 g/mol. The Bertz CT molecular complexity index is 887. The molecule has 0 aliphatic heterocycles. The molecule has 0 fully saturated rings. The van der Waals surface area contributed by atoms with Crippen molar-refractivity contribution < 1.29 is 9.18 Å². The van der Waals surface area contributed by atoms with Crippen LogP contribution in [0.3, 0.4) is 0 Å². The first kappa shape index (κ1) is 19.2. The summed E-state index contributed by atoms with van der Waals surface area (Å²) in [5.41, 5.74) is 3.34. The van der Waals surface area contributed by atoms with Crippen molar-refractivity contribution in [3.8, 4) is 0 Å². The van der Waals surface area contributed by atoms with E-state index in [1.54, 1.807) is 12.1 Å². The molecular formula is C23H27FN2O. The average Bonchev–Trinajstić information content (AvgIpc) is 3.08. The molecule has 4 heteroatoms. The standard InChI is InChI=1S/C23H27FN2O/c1-2-14-26(15-13-18-7-5-9-20(24)16-18)23(27)12-6-8-19-17-25-22-11-4-3-10-21(19)22/h3-5,7,9-11,16-17,25H,2,6,8,12-15H2,1H3. The van der Waals surface area contributed by atoms with E-state index in [-0.39, 0.29) is 11.7 Å². The molecule has 3 rings (SSSR count). The van der Waals surface area contributed by atoms with E-state index < -0.39 is 0 Å². The highest BCUT2D eigenvalue weighted by Gasteiger charge is 2.13. The van der Waals surface area contributed by atoms with Crippen molar-refractivity contribution in [2.45, 2.75) is 39.0 Å². The summed E-state index contributed by atoms with van der Waals surface area (Å²) >= 11 is 0. The van der Waals surface area contributed by atoms with E-state index in [9.17, 15) is 9.18 Å². The largest absolute Gasteiger partial charge is 0.361 e. The van der Waals surface area contributed by atoms with Gasteiger partial charge in [-0.3, -0.25) is 4.79 Å². The van der Waals surface area contributed by atoms with Gasteiger partial charge in [-0.2, -0.15) is 0 Å². The SMILES string of the molecule is CCCN(CCc1cccc(F)c1)C(=O)CCCc1c[nH]c2ccccc12. The van der Waals surface area contributed by atoms with Gasteiger partial charge in [0.2, 0.25) is 5.91 Å². The normalized spacial score (nSPS) is 11.0. The number of amides is 1. The van der Waals surface area contributed by atoms with Gasteiger partial charge in [0.15, 0.2) is 0 Å². The van der Waals surface area contributed by atoms with E-state index in [2.05, 4.69) is 24.0 Å². The summed E-state index contributed by atoms with van der Waals surface area (Å²) in [5.74, 6) is -0.0345. The molecule has 0 radical (unpaired) electrons. The van der Waals surface area contributed by atoms with Crippen molar-refractivity contribution in [2.24, 2.45) is 0 Å². The zero-order valence-electron chi connectivity index (χ0n) is 15.9. The number of aromatic amines is 1. The second kappa shape index (κ2) is 9.36. The van der Waals surface area contributed by atoms with Crippen LogP contribution in [-0.4, -0.2) is 28.9 Å². The van der Waals surface area contributed by atoms with Crippen LogP contribution in [0.5, 0.6) is 0 Å². The fraction of sp³-hybridized carbons (Fsp3) is 0.348. The Morgan fingerprint density at radius 1 is 1.07 bits per heavy atom. The van der Waals surface area contributed by atoms with Crippen molar-refractivity contribution in [1.29, 1.82) is 0 Å². The molecular weight excluding hydrogens is 339 g/mol. The number of halogens is 1. The summed E-state index contributed by atoms with van der Waals surface area (Å²) < 4.78 is 13.3. The molecule has 0 saturated carbocycles. The fourth-order valence-corrected chi connectivity index (χ4v) is 3.51. The van der Waals surface area contributed by atoms with Crippen molar-refractivity contribution in [3.05, 3.63) is 71.7 Å². The molecule has 0 aliphatic carbocycles. The maximum Gasteiger partial charge on any atom is 0.222 e. The fourth-order valence-electron chi connectivity index (χ4n) is 3.51. The molecule has 3 nitrogen and oxygen atoms in total. The third-order valence-electron chi connectivity index (χ3n) is 4.92. The zero-order valence-corrected chi connectivity index (χ0v) is 15.9. The highest BCUT2D eigenvalue weighted by molar-refractivity contribution is 5.83. The van der Waals surface area contributed by atoms with Crippen LogP contribution in [0.25, 0.3) is 10.9 Å². The molecule has 1 amide bonds. The minimum atomic E-state index is -0.223. The number of benzene rings is 2. The number of para-hydroxylation sites is 1. The highest BCUT2D eigenvalue weighted by Crippen LogP contribution is 2.19. The van der Waals surface area contributed by atoms with Gasteiger partial charge in [-0.15, -0.1) is 0 Å². The molecule has 3 aromatic rings. The van der Waals surface area contributed by atoms with E-state index in [1.165, 1.54) is 17.0 Å². The molecule has 142 valence electrons. The van der Waals surface area contributed by atoms with Crippen LogP contribution >= 0.6 is 0 Å². The number of H-pyrrole nitrogens is 1. The maximum atomic E-state index is 13.3. The molecule has 1 N–H and O–H groups in total. The molecule has 27 heavy (non-hydrogen) atoms. The molecule has 0 spiro atoms. The van der Waals surface area contributed by atoms with Crippen LogP contribution in [0, 0.1) is 5.82 Å². The summed E-state index contributed by atoms with van der Waals surface area (Å²) in [7, 11) is 0. The van der Waals surface area contributed by atoms with Gasteiger partial charge in [0.1, 0.15) is 5.82 Å². The Hall–Kier alpha value is -2.62. The van der Waals surface area contributed by atoms with Crippen molar-refractivity contribution in [1.82, 2.24) is 9.88 Å². The van der Waals surface area contributed by atoms with E-state index in [1.807, 2.05) is 29.3 Å². The third-order valence-corrected chi connectivity index (χ3v) is 4.92. The first-order valence-electron chi connectivity index (χ1n) is 9.74. The highest BCUT2D eigenvalue weighted by atomic mass is 19.1. The Labute approximate surface area is 160 Å². The maximum absolute atomic E-state index is 13.3. The monoisotopic (exact) mass is 366 g/mol. The number of carbonyl (C=O) groups is 1. The summed E-state index contributed by atoms with van der Waals surface area (Å²) in [4.78, 5) is 17.9. The Balaban J connectivity index is 1.52. The number of hydrogen-bond donors (Lipinski definition) is 1. The quantitative estimate of drug-likeness (QED) is 0.561. The smallest absolute Gasteiger partial charge is 0.222 e. The van der Waals surface area contributed by atoms with Crippen LogP contribution in [0.1, 0.15) is 37.3 Å². The second-order valence-corrected chi connectivity index (χ2v) is 6.97. The molecule has 0 aliphatic rings. The lowest BCUT2D eigenvalue weighted by molar-refractivity contribution is -0.131. The Morgan fingerprint density at radius 2 is 1.93 bits per heavy atom. The summed E-state index contributed by atoms with van der Waals surface area (Å²) in [5, 5.41) is 1.24. The number of carbonyl (C=O) groups excluding carboxylic acids is 1. The Morgan fingerprint density at radius 3 is 2.74 bits per heavy atom. The lowest BCUT2D eigenvalue weighted by Gasteiger charge is -2.22. The van der Waals surface area contributed by atoms with Gasteiger partial charge in [-0.25, -0.2) is 4.39 Å². The molecule has 0 atom stereocenters. The zero-order chi connectivity index (χ0) is 19.1. The van der Waals surface area contributed by atoms with Crippen LogP contribution in [0.4, 0.5) is 4.39 Å². The summed E-state index contributed by atoms with van der Waals surface area (Å²) in [6, 6.07) is 14.9. The van der Waals surface area contributed by atoms with E-state index in [0.717, 1.165) is 36.9 Å². The van der Waals surface area contributed by atoms with Gasteiger partial charge in [0.25, 0.3) is 0 Å². The second-order valence-electron chi connectivity index (χ2n) is 6.97. The Kier molecular flexibility index (Phi) is 6.64. The molecule has 2 aromatic carbocycles. The van der Waals surface area contributed by atoms with Crippen LogP contribution in [0.15, 0.2) is 54.7 Å². The van der Waals surface area contributed by atoms with Crippen molar-refractivity contribution in [3.63, 3.8) is 0 Å². The summed E-state index contributed by atoms with van der Waals surface area (Å²) in [6.45, 7) is 3.47. The van der Waals surface area contributed by atoms with E-state index >= 15 is 0 Å². The van der Waals surface area contributed by atoms with Gasteiger partial charge in [0, 0.05) is 36.6 Å². The lowest BCUT2D eigenvalue weighted by Crippen LogP contribution is -2.33. The van der Waals surface area contributed by atoms with Crippen LogP contribution in [0.2, 0.25) is 0 Å². The van der Waals surface area contributed by atoms with Gasteiger partial charge in [-0.05, 0) is 55.0 Å². The van der Waals surface area contributed by atoms with Gasteiger partial charge >= 0.3 is 0 Å². The molecule has 0 saturated heterocycles. The number of nitrogens with one attached hydrogen (secondary N) is 1. The van der Waals surface area contributed by atoms with Gasteiger partial charge in [0.05, 0.1) is 0 Å². The van der Waals surface area contributed by atoms with Crippen molar-refractivity contribution >= 4 is 16.8 Å². The number of fused-ring (bicyclic) bond motifs is 1. The number of nitrogens with zero attached hydrogens (tertiary/aromatic N) is 1. The minimum Gasteiger partial charge on any atom is -0.361 e. The first-order chi connectivity index (χ1) is 13.2. The van der Waals surface area contributed by atoms with Gasteiger partial charge < -0.3 is 9.88 Å². The lowest BCUT2D eigenvalue weighted by atomic mass is 10.1. The molecule has 1 heterocycles. The van der Waals surface area contributed by atoms with E-state index in [0.29, 0.717) is 19.4 Å². The van der Waals surface area contributed by atoms with Crippen LogP contribution < -0.4 is 0 Å². The van der Waals surface area contributed by atoms with Crippen molar-refractivity contribution in [2.75, 3.05) is 13.1 Å². The minimum absolute atomic E-state index is 0.188. The molecule has 0 bridgehead atoms. The number of hydrogen-bond acceptors (Lipinski definition) is 1. The van der Waals surface area contributed by atoms with Gasteiger partial charge in [-0.1, -0.05) is 37.3 Å². The topological polar surface area (TPSA) is 36.1 Å². The van der Waals surface area contributed by atoms with E-state index in [4.69, 9.17) is 0 Å². The summed E-state index contributed by atoms with van der Waals surface area (Å²) in [6.07, 6.45) is 5.93. The number of rotatable bonds is 9. The predicted octanol–water partition coefficient (Wildman–Crippen LogP) is 5.11. The number of aromatic nitrogens is 1. The molecule has 1 aromatic heterocycles. The number of aryl methyl sites for hydroxylation is 1. The molecule has 0 unspecified atom stereocenters. The first-order valence-corrected chi connectivity index (χ1v) is 9.74. The third kappa shape index (κ3) is 5.19. The van der Waals surface area contributed by atoms with Crippen LogP contribution in [-0.2, 0) is 17.6 Å².